The summed E-state index contributed by atoms with van der Waals surface area (Å²) in [6.07, 6.45) is 0.533. The average molecular weight is 398 g/mol. The van der Waals surface area contributed by atoms with E-state index < -0.39 is 0 Å². The van der Waals surface area contributed by atoms with Gasteiger partial charge in [0.1, 0.15) is 5.75 Å². The molecule has 0 aliphatic carbocycles. The molecule has 6 nitrogen and oxygen atoms in total. The minimum atomic E-state index is -0.334. The first-order chi connectivity index (χ1) is 13.5. The first-order valence-electron chi connectivity index (χ1n) is 8.98. The van der Waals surface area contributed by atoms with Crippen LogP contribution in [0.2, 0.25) is 0 Å². The molecule has 0 fully saturated rings. The molecule has 146 valence electrons. The number of aryl methyl sites for hydroxylation is 1. The molecule has 1 N–H and O–H groups in total. The standard InChI is InChI=1S/C21H23N3O3S/c1-14-4-6-17(7-5-14)13-22-20(25)15(2)28-21-24-23-19(27-21)12-16-8-10-18(26-3)11-9-16/h4-11,15H,12-13H2,1-3H3,(H,22,25)/t15-/m0/s1. The third-order valence-corrected chi connectivity index (χ3v) is 5.13. The van der Waals surface area contributed by atoms with Crippen molar-refractivity contribution in [3.63, 3.8) is 0 Å². The SMILES string of the molecule is COc1ccc(Cc2nnc(S[C@@H](C)C(=O)NCc3ccc(C)cc3)o2)cc1. The minimum absolute atomic E-state index is 0.0690. The molecule has 0 bridgehead atoms. The second-order valence-corrected chi connectivity index (χ2v) is 7.74. The average Bonchev–Trinajstić information content (AvgIpc) is 3.14. The van der Waals surface area contributed by atoms with Crippen molar-refractivity contribution in [3.8, 4) is 5.75 Å². The van der Waals surface area contributed by atoms with Crippen LogP contribution in [0, 0.1) is 6.92 Å². The number of thioether (sulfide) groups is 1. The van der Waals surface area contributed by atoms with Crippen LogP contribution in [0.3, 0.4) is 0 Å². The summed E-state index contributed by atoms with van der Waals surface area (Å²) in [6.45, 7) is 4.35. The minimum Gasteiger partial charge on any atom is -0.497 e. The smallest absolute Gasteiger partial charge is 0.277 e. The lowest BCUT2D eigenvalue weighted by molar-refractivity contribution is -0.120. The maximum Gasteiger partial charge on any atom is 0.277 e. The van der Waals surface area contributed by atoms with E-state index in [1.165, 1.54) is 17.3 Å². The van der Waals surface area contributed by atoms with Crippen molar-refractivity contribution >= 4 is 17.7 Å². The van der Waals surface area contributed by atoms with Crippen LogP contribution in [-0.4, -0.2) is 28.5 Å². The quantitative estimate of drug-likeness (QED) is 0.583. The lowest BCUT2D eigenvalue weighted by atomic mass is 10.1. The van der Waals surface area contributed by atoms with E-state index in [0.717, 1.165) is 16.9 Å². The molecule has 7 heteroatoms. The Morgan fingerprint density at radius 3 is 2.46 bits per heavy atom. The van der Waals surface area contributed by atoms with Crippen molar-refractivity contribution < 1.29 is 13.9 Å². The van der Waals surface area contributed by atoms with Crippen LogP contribution in [0.1, 0.15) is 29.5 Å². The van der Waals surface area contributed by atoms with Crippen molar-refractivity contribution in [2.45, 2.75) is 37.3 Å². The summed E-state index contributed by atoms with van der Waals surface area (Å²) < 4.78 is 10.8. The molecule has 0 spiro atoms. The van der Waals surface area contributed by atoms with E-state index in [9.17, 15) is 4.79 Å². The highest BCUT2D eigenvalue weighted by atomic mass is 32.2. The molecule has 0 radical (unpaired) electrons. The monoisotopic (exact) mass is 397 g/mol. The lowest BCUT2D eigenvalue weighted by Gasteiger charge is -2.10. The number of methoxy groups -OCH3 is 1. The molecule has 28 heavy (non-hydrogen) atoms. The van der Waals surface area contributed by atoms with Crippen LogP contribution in [0.25, 0.3) is 0 Å². The van der Waals surface area contributed by atoms with E-state index >= 15 is 0 Å². The van der Waals surface area contributed by atoms with E-state index in [1.807, 2.05) is 62.4 Å². The van der Waals surface area contributed by atoms with Crippen LogP contribution >= 0.6 is 11.8 Å². The maximum atomic E-state index is 12.3. The lowest BCUT2D eigenvalue weighted by Crippen LogP contribution is -2.30. The Balaban J connectivity index is 1.50. The number of hydrogen-bond acceptors (Lipinski definition) is 6. The predicted molar refractivity (Wildman–Crippen MR) is 108 cm³/mol. The Hall–Kier alpha value is -2.80. The highest BCUT2D eigenvalue weighted by Crippen LogP contribution is 2.23. The Bertz CT molecular complexity index is 907. The molecular formula is C21H23N3O3S. The Kier molecular flexibility index (Phi) is 6.71. The van der Waals surface area contributed by atoms with Crippen LogP contribution < -0.4 is 10.1 Å². The van der Waals surface area contributed by atoms with Gasteiger partial charge in [0.05, 0.1) is 18.8 Å². The fraction of sp³-hybridized carbons (Fsp3) is 0.286. The number of nitrogens with one attached hydrogen (secondary N) is 1. The Morgan fingerprint density at radius 1 is 1.11 bits per heavy atom. The van der Waals surface area contributed by atoms with Crippen molar-refractivity contribution in [2.75, 3.05) is 7.11 Å². The van der Waals surface area contributed by atoms with E-state index in [2.05, 4.69) is 15.5 Å². The molecule has 0 saturated carbocycles. The van der Waals surface area contributed by atoms with E-state index in [1.54, 1.807) is 7.11 Å². The number of carbonyl (C=O) groups excluding carboxylic acids is 1. The number of hydrogen-bond donors (Lipinski definition) is 1. The van der Waals surface area contributed by atoms with Gasteiger partial charge in [0.15, 0.2) is 0 Å². The van der Waals surface area contributed by atoms with Crippen molar-refractivity contribution in [1.82, 2.24) is 15.5 Å². The molecule has 3 rings (SSSR count). The third kappa shape index (κ3) is 5.60. The van der Waals surface area contributed by atoms with Gasteiger partial charge in [-0.1, -0.05) is 53.7 Å². The fourth-order valence-corrected chi connectivity index (χ4v) is 3.24. The molecule has 1 atom stereocenters. The largest absolute Gasteiger partial charge is 0.497 e. The summed E-state index contributed by atoms with van der Waals surface area (Å²) in [4.78, 5) is 12.3. The molecule has 0 aliphatic heterocycles. The fourth-order valence-electron chi connectivity index (χ4n) is 2.52. The van der Waals surface area contributed by atoms with E-state index in [4.69, 9.17) is 9.15 Å². The zero-order valence-corrected chi connectivity index (χ0v) is 17.0. The summed E-state index contributed by atoms with van der Waals surface area (Å²) >= 11 is 1.25. The molecule has 1 heterocycles. The summed E-state index contributed by atoms with van der Waals surface area (Å²) in [5.41, 5.74) is 3.31. The summed E-state index contributed by atoms with van der Waals surface area (Å²) in [6, 6.07) is 15.8. The predicted octanol–water partition coefficient (Wildman–Crippen LogP) is 3.77. The van der Waals surface area contributed by atoms with Crippen LogP contribution in [0.4, 0.5) is 0 Å². The van der Waals surface area contributed by atoms with Crippen molar-refractivity contribution in [3.05, 3.63) is 71.1 Å². The van der Waals surface area contributed by atoms with Crippen LogP contribution in [0.15, 0.2) is 58.2 Å². The highest BCUT2D eigenvalue weighted by Gasteiger charge is 2.18. The molecule has 3 aromatic rings. The topological polar surface area (TPSA) is 77.2 Å². The van der Waals surface area contributed by atoms with Crippen molar-refractivity contribution in [1.29, 1.82) is 0 Å². The van der Waals surface area contributed by atoms with Gasteiger partial charge < -0.3 is 14.5 Å². The number of rotatable bonds is 8. The van der Waals surface area contributed by atoms with Gasteiger partial charge in [-0.2, -0.15) is 0 Å². The van der Waals surface area contributed by atoms with E-state index in [0.29, 0.717) is 24.1 Å². The number of amides is 1. The third-order valence-electron chi connectivity index (χ3n) is 4.20. The van der Waals surface area contributed by atoms with Gasteiger partial charge in [-0.05, 0) is 37.1 Å². The molecule has 0 saturated heterocycles. The van der Waals surface area contributed by atoms with Gasteiger partial charge >= 0.3 is 0 Å². The maximum absolute atomic E-state index is 12.3. The van der Waals surface area contributed by atoms with Gasteiger partial charge in [0.25, 0.3) is 5.22 Å². The van der Waals surface area contributed by atoms with Crippen molar-refractivity contribution in [2.24, 2.45) is 0 Å². The van der Waals surface area contributed by atoms with Gasteiger partial charge in [0.2, 0.25) is 11.8 Å². The summed E-state index contributed by atoms with van der Waals surface area (Å²) in [5, 5.41) is 11.1. The zero-order chi connectivity index (χ0) is 19.9. The normalized spacial score (nSPS) is 11.8. The highest BCUT2D eigenvalue weighted by molar-refractivity contribution is 8.00. The number of nitrogens with zero attached hydrogens (tertiary/aromatic N) is 2. The number of aromatic nitrogens is 2. The first kappa shape index (κ1) is 19.9. The first-order valence-corrected chi connectivity index (χ1v) is 9.86. The van der Waals surface area contributed by atoms with Gasteiger partial charge in [-0.15, -0.1) is 10.2 Å². The zero-order valence-electron chi connectivity index (χ0n) is 16.1. The second-order valence-electron chi connectivity index (χ2n) is 6.45. The molecule has 0 unspecified atom stereocenters. The number of benzene rings is 2. The van der Waals surface area contributed by atoms with Crippen LogP contribution in [0.5, 0.6) is 5.75 Å². The molecular weight excluding hydrogens is 374 g/mol. The molecule has 0 aliphatic rings. The molecule has 1 amide bonds. The summed E-state index contributed by atoms with van der Waals surface area (Å²) in [5.74, 6) is 1.25. The number of ether oxygens (including phenoxy) is 1. The van der Waals surface area contributed by atoms with E-state index in [-0.39, 0.29) is 11.2 Å². The Morgan fingerprint density at radius 2 is 1.79 bits per heavy atom. The Labute approximate surface area is 168 Å². The van der Waals surface area contributed by atoms with Gasteiger partial charge in [-0.3, -0.25) is 4.79 Å². The van der Waals surface area contributed by atoms with Crippen LogP contribution in [-0.2, 0) is 17.8 Å². The van der Waals surface area contributed by atoms with Gasteiger partial charge in [-0.25, -0.2) is 0 Å². The van der Waals surface area contributed by atoms with Gasteiger partial charge in [0, 0.05) is 6.54 Å². The molecule has 1 aromatic heterocycles. The summed E-state index contributed by atoms with van der Waals surface area (Å²) in [7, 11) is 1.63. The second kappa shape index (κ2) is 9.41. The molecule has 2 aromatic carbocycles. The number of carbonyl (C=O) groups is 1.